The van der Waals surface area contributed by atoms with E-state index in [9.17, 15) is 9.90 Å². The second kappa shape index (κ2) is 27.9. The standard InChI is InChI=1S/C34H69NO3/c1-4-5-6-7-8-9-10-11-12-13-14-15-17-20-23-26-29-33(36)32-35(2,3)31-28-25-22-19-16-18-21-24-27-30-34(37)38/h33,36H,4-32H2,1-3H3/p+1. The van der Waals surface area contributed by atoms with Gasteiger partial charge in [-0.1, -0.05) is 148 Å². The highest BCUT2D eigenvalue weighted by atomic mass is 16.4. The van der Waals surface area contributed by atoms with E-state index in [4.69, 9.17) is 5.11 Å². The minimum absolute atomic E-state index is 0.155. The predicted octanol–water partition coefficient (Wildman–Crippen LogP) is 10.1. The van der Waals surface area contributed by atoms with Crippen molar-refractivity contribution in [1.82, 2.24) is 0 Å². The molecule has 0 aliphatic rings. The fraction of sp³-hybridized carbons (Fsp3) is 0.971. The topological polar surface area (TPSA) is 57.5 Å². The maximum Gasteiger partial charge on any atom is 0.303 e. The van der Waals surface area contributed by atoms with Gasteiger partial charge in [0, 0.05) is 6.42 Å². The molecule has 0 saturated carbocycles. The van der Waals surface area contributed by atoms with Crippen LogP contribution in [0.15, 0.2) is 0 Å². The van der Waals surface area contributed by atoms with Gasteiger partial charge < -0.3 is 14.7 Å². The molecule has 0 aromatic rings. The smallest absolute Gasteiger partial charge is 0.303 e. The third kappa shape index (κ3) is 29.9. The molecule has 0 aromatic heterocycles. The van der Waals surface area contributed by atoms with Gasteiger partial charge in [0.2, 0.25) is 0 Å². The van der Waals surface area contributed by atoms with E-state index in [1.165, 1.54) is 148 Å². The van der Waals surface area contributed by atoms with Crippen molar-refractivity contribution in [2.24, 2.45) is 0 Å². The van der Waals surface area contributed by atoms with Crippen LogP contribution in [0.25, 0.3) is 0 Å². The molecule has 0 saturated heterocycles. The van der Waals surface area contributed by atoms with E-state index in [-0.39, 0.29) is 6.10 Å². The molecule has 0 rings (SSSR count). The van der Waals surface area contributed by atoms with E-state index < -0.39 is 5.97 Å². The normalized spacial score (nSPS) is 12.7. The Hall–Kier alpha value is -0.610. The van der Waals surface area contributed by atoms with Gasteiger partial charge in [-0.15, -0.1) is 0 Å². The lowest BCUT2D eigenvalue weighted by Crippen LogP contribution is -2.45. The Morgan fingerprint density at radius 3 is 1.29 bits per heavy atom. The van der Waals surface area contributed by atoms with Gasteiger partial charge in [0.15, 0.2) is 0 Å². The first kappa shape index (κ1) is 37.4. The molecule has 228 valence electrons. The summed E-state index contributed by atoms with van der Waals surface area (Å²) in [6, 6.07) is 0. The van der Waals surface area contributed by atoms with Crippen LogP contribution in [-0.4, -0.2) is 54.0 Å². The Labute approximate surface area is 239 Å². The molecule has 0 amide bonds. The zero-order valence-electron chi connectivity index (χ0n) is 26.3. The number of carbonyl (C=O) groups is 1. The lowest BCUT2D eigenvalue weighted by Gasteiger charge is -2.32. The maximum absolute atomic E-state index is 10.5. The fourth-order valence-electron chi connectivity index (χ4n) is 5.73. The average molecular weight is 541 g/mol. The molecule has 4 heteroatoms. The van der Waals surface area contributed by atoms with Gasteiger partial charge in [-0.25, -0.2) is 0 Å². The van der Waals surface area contributed by atoms with Crippen molar-refractivity contribution in [2.45, 2.75) is 186 Å². The van der Waals surface area contributed by atoms with Crippen molar-refractivity contribution in [2.75, 3.05) is 27.2 Å². The molecule has 2 N–H and O–H groups in total. The number of carboxylic acid groups (broad SMARTS) is 1. The molecule has 0 aliphatic carbocycles. The summed E-state index contributed by atoms with van der Waals surface area (Å²) in [6.45, 7) is 4.33. The van der Waals surface area contributed by atoms with E-state index in [0.717, 1.165) is 36.8 Å². The minimum Gasteiger partial charge on any atom is -0.481 e. The molecule has 1 unspecified atom stereocenters. The summed E-state index contributed by atoms with van der Waals surface area (Å²) < 4.78 is 0.934. The Kier molecular flexibility index (Phi) is 27.5. The molecule has 0 heterocycles. The van der Waals surface area contributed by atoms with Crippen molar-refractivity contribution in [3.8, 4) is 0 Å². The van der Waals surface area contributed by atoms with Crippen molar-refractivity contribution >= 4 is 5.97 Å². The number of nitrogens with zero attached hydrogens (tertiary/aromatic N) is 1. The van der Waals surface area contributed by atoms with Gasteiger partial charge in [-0.2, -0.15) is 0 Å². The maximum atomic E-state index is 10.5. The molecule has 0 bridgehead atoms. The van der Waals surface area contributed by atoms with E-state index in [2.05, 4.69) is 21.0 Å². The van der Waals surface area contributed by atoms with Gasteiger partial charge in [-0.3, -0.25) is 4.79 Å². The van der Waals surface area contributed by atoms with Crippen LogP contribution < -0.4 is 0 Å². The zero-order chi connectivity index (χ0) is 28.2. The minimum atomic E-state index is -0.668. The second-order valence-electron chi connectivity index (χ2n) is 12.9. The lowest BCUT2D eigenvalue weighted by atomic mass is 10.0. The number of hydrogen-bond donors (Lipinski definition) is 2. The second-order valence-corrected chi connectivity index (χ2v) is 12.9. The zero-order valence-corrected chi connectivity index (χ0v) is 26.3. The van der Waals surface area contributed by atoms with Crippen LogP contribution in [0.2, 0.25) is 0 Å². The van der Waals surface area contributed by atoms with Crippen molar-refractivity contribution < 1.29 is 19.5 Å². The first-order valence-corrected chi connectivity index (χ1v) is 17.1. The van der Waals surface area contributed by atoms with E-state index in [1.807, 2.05) is 0 Å². The molecule has 0 spiro atoms. The first-order valence-electron chi connectivity index (χ1n) is 17.1. The summed E-state index contributed by atoms with van der Waals surface area (Å²) >= 11 is 0. The Bertz CT molecular complexity index is 494. The summed E-state index contributed by atoms with van der Waals surface area (Å²) in [5, 5.41) is 19.2. The monoisotopic (exact) mass is 541 g/mol. The molecular weight excluding hydrogens is 470 g/mol. The number of quaternary nitrogens is 1. The molecule has 0 fully saturated rings. The summed E-state index contributed by atoms with van der Waals surface area (Å²) in [5.41, 5.74) is 0. The Balaban J connectivity index is 3.41. The molecule has 4 nitrogen and oxygen atoms in total. The van der Waals surface area contributed by atoms with Gasteiger partial charge in [0.1, 0.15) is 12.6 Å². The average Bonchev–Trinajstić information content (AvgIpc) is 2.86. The van der Waals surface area contributed by atoms with Crippen LogP contribution in [0.3, 0.4) is 0 Å². The quantitative estimate of drug-likeness (QED) is 0.0679. The summed E-state index contributed by atoms with van der Waals surface area (Å²) in [4.78, 5) is 10.5. The highest BCUT2D eigenvalue weighted by Gasteiger charge is 2.19. The van der Waals surface area contributed by atoms with E-state index >= 15 is 0 Å². The largest absolute Gasteiger partial charge is 0.481 e. The Morgan fingerprint density at radius 2 is 0.895 bits per heavy atom. The first-order chi connectivity index (χ1) is 18.4. The number of aliphatic hydroxyl groups is 1. The highest BCUT2D eigenvalue weighted by Crippen LogP contribution is 2.16. The summed E-state index contributed by atoms with van der Waals surface area (Å²) in [6.07, 6.45) is 34.2. The number of aliphatic hydroxyl groups excluding tert-OH is 1. The lowest BCUT2D eigenvalue weighted by molar-refractivity contribution is -0.893. The highest BCUT2D eigenvalue weighted by molar-refractivity contribution is 5.66. The van der Waals surface area contributed by atoms with Crippen LogP contribution >= 0.6 is 0 Å². The number of unbranched alkanes of at least 4 members (excludes halogenated alkanes) is 23. The van der Waals surface area contributed by atoms with E-state index in [0.29, 0.717) is 6.42 Å². The van der Waals surface area contributed by atoms with Gasteiger partial charge in [-0.05, 0) is 25.7 Å². The number of rotatable bonds is 31. The predicted molar refractivity (Wildman–Crippen MR) is 166 cm³/mol. The molecule has 38 heavy (non-hydrogen) atoms. The Morgan fingerprint density at radius 1 is 0.553 bits per heavy atom. The summed E-state index contributed by atoms with van der Waals surface area (Å²) in [7, 11) is 4.54. The SMILES string of the molecule is CCCCCCCCCCCCCCCCCCC(O)C[N+](C)(C)CCCCCCCCCCCC(=O)O. The van der Waals surface area contributed by atoms with Crippen LogP contribution in [0.1, 0.15) is 180 Å². The molecule has 0 aliphatic heterocycles. The van der Waals surface area contributed by atoms with Crippen molar-refractivity contribution in [3.05, 3.63) is 0 Å². The number of carboxylic acids is 1. The van der Waals surface area contributed by atoms with Gasteiger partial charge >= 0.3 is 5.97 Å². The summed E-state index contributed by atoms with van der Waals surface area (Å²) in [5.74, 6) is -0.668. The third-order valence-corrected chi connectivity index (χ3v) is 8.25. The van der Waals surface area contributed by atoms with Crippen LogP contribution in [0.4, 0.5) is 0 Å². The number of hydrogen-bond acceptors (Lipinski definition) is 2. The van der Waals surface area contributed by atoms with Crippen LogP contribution in [-0.2, 0) is 4.79 Å². The van der Waals surface area contributed by atoms with Crippen LogP contribution in [0.5, 0.6) is 0 Å². The number of aliphatic carboxylic acids is 1. The molecule has 1 atom stereocenters. The molecule has 0 radical (unpaired) electrons. The molecule has 0 aromatic carbocycles. The van der Waals surface area contributed by atoms with Gasteiger partial charge in [0.05, 0.1) is 20.6 Å². The van der Waals surface area contributed by atoms with Crippen molar-refractivity contribution in [1.29, 1.82) is 0 Å². The molecular formula is C34H70NO3+. The number of likely N-dealkylation sites (N-methyl/N-ethyl adjacent to an activating group) is 1. The van der Waals surface area contributed by atoms with Crippen molar-refractivity contribution in [3.63, 3.8) is 0 Å². The van der Waals surface area contributed by atoms with Gasteiger partial charge in [0.25, 0.3) is 0 Å². The van der Waals surface area contributed by atoms with Crippen LogP contribution in [0, 0.1) is 0 Å². The fourth-order valence-corrected chi connectivity index (χ4v) is 5.73. The third-order valence-electron chi connectivity index (χ3n) is 8.25. The van der Waals surface area contributed by atoms with E-state index in [1.54, 1.807) is 0 Å².